The molecule has 2 aliphatic heterocycles. The number of anilines is 1. The molecule has 0 bridgehead atoms. The second-order valence-corrected chi connectivity index (χ2v) is 7.34. The molecule has 1 N–H and O–H groups in total. The van der Waals surface area contributed by atoms with Crippen LogP contribution in [0.2, 0.25) is 0 Å². The summed E-state index contributed by atoms with van der Waals surface area (Å²) in [5.41, 5.74) is 4.22. The molecule has 0 saturated heterocycles. The minimum Gasteiger partial charge on any atom is -0.362 e. The summed E-state index contributed by atoms with van der Waals surface area (Å²) in [5, 5.41) is 21.4. The molecule has 144 valence electrons. The SMILES string of the molecule is C[C@H]1NCCc2c1nn1c2CN(c2ccc(C#N)n3ncc(F)c23)C[C@H]1CF. The van der Waals surface area contributed by atoms with Crippen molar-refractivity contribution in [2.24, 2.45) is 0 Å². The fraction of sp³-hybridized carbons (Fsp3) is 0.421. The second-order valence-electron chi connectivity index (χ2n) is 7.34. The minimum atomic E-state index is -0.555. The molecule has 7 nitrogen and oxygen atoms in total. The summed E-state index contributed by atoms with van der Waals surface area (Å²) in [4.78, 5) is 1.97. The van der Waals surface area contributed by atoms with Crippen LogP contribution in [-0.4, -0.2) is 39.2 Å². The van der Waals surface area contributed by atoms with Crippen LogP contribution in [0, 0.1) is 17.1 Å². The summed E-state index contributed by atoms with van der Waals surface area (Å²) in [7, 11) is 0. The van der Waals surface area contributed by atoms with Gasteiger partial charge in [0.05, 0.1) is 35.9 Å². The maximum absolute atomic E-state index is 14.5. The highest BCUT2D eigenvalue weighted by atomic mass is 19.1. The molecule has 0 radical (unpaired) electrons. The average Bonchev–Trinajstić information content (AvgIpc) is 3.29. The van der Waals surface area contributed by atoms with Gasteiger partial charge in [-0.1, -0.05) is 0 Å². The van der Waals surface area contributed by atoms with Crippen molar-refractivity contribution in [1.82, 2.24) is 24.7 Å². The second kappa shape index (κ2) is 6.27. The van der Waals surface area contributed by atoms with Gasteiger partial charge in [-0.3, -0.25) is 4.68 Å². The average molecular weight is 383 g/mol. The summed E-state index contributed by atoms with van der Waals surface area (Å²) in [6.07, 6.45) is 1.95. The smallest absolute Gasteiger partial charge is 0.171 e. The molecule has 0 aliphatic carbocycles. The lowest BCUT2D eigenvalue weighted by molar-refractivity contribution is 0.308. The number of aromatic nitrogens is 4. The van der Waals surface area contributed by atoms with Crippen LogP contribution < -0.4 is 10.2 Å². The van der Waals surface area contributed by atoms with Crippen molar-refractivity contribution in [3.63, 3.8) is 0 Å². The van der Waals surface area contributed by atoms with Gasteiger partial charge in [0, 0.05) is 18.2 Å². The third kappa shape index (κ3) is 2.34. The van der Waals surface area contributed by atoms with Crippen molar-refractivity contribution in [2.45, 2.75) is 32.0 Å². The molecule has 5 heterocycles. The van der Waals surface area contributed by atoms with E-state index in [2.05, 4.69) is 17.3 Å². The van der Waals surface area contributed by atoms with Crippen LogP contribution in [0.25, 0.3) is 5.52 Å². The van der Waals surface area contributed by atoms with Crippen molar-refractivity contribution in [3.05, 3.63) is 46.8 Å². The van der Waals surface area contributed by atoms with Crippen LogP contribution in [-0.2, 0) is 13.0 Å². The number of nitrogens with one attached hydrogen (secondary N) is 1. The lowest BCUT2D eigenvalue weighted by Crippen LogP contribution is -2.39. The zero-order chi connectivity index (χ0) is 19.4. The Morgan fingerprint density at radius 1 is 1.39 bits per heavy atom. The quantitative estimate of drug-likeness (QED) is 0.735. The number of fused-ring (bicyclic) bond motifs is 4. The van der Waals surface area contributed by atoms with Gasteiger partial charge in [-0.15, -0.1) is 0 Å². The van der Waals surface area contributed by atoms with Gasteiger partial charge in [-0.25, -0.2) is 13.3 Å². The molecular weight excluding hydrogens is 364 g/mol. The number of alkyl halides is 1. The largest absolute Gasteiger partial charge is 0.362 e. The molecule has 5 rings (SSSR count). The summed E-state index contributed by atoms with van der Waals surface area (Å²) in [6.45, 7) is 3.24. The van der Waals surface area contributed by atoms with Crippen LogP contribution in [0.1, 0.15) is 41.7 Å². The maximum Gasteiger partial charge on any atom is 0.171 e. The molecule has 9 heteroatoms. The number of rotatable bonds is 2. The highest BCUT2D eigenvalue weighted by Gasteiger charge is 2.34. The number of nitriles is 1. The standard InChI is InChI=1S/C19H19F2N7/c1-11-18-14(4-5-23-11)17-10-26(9-13(6-20)27(17)25-18)16-3-2-12(7-22)28-19(16)15(21)8-24-28/h2-3,8,11,13,23H,4-6,9-10H2,1H3/t11-,13-/m1/s1. The highest BCUT2D eigenvalue weighted by molar-refractivity contribution is 5.75. The first kappa shape index (κ1) is 17.1. The Hall–Kier alpha value is -2.99. The van der Waals surface area contributed by atoms with E-state index >= 15 is 0 Å². The van der Waals surface area contributed by atoms with E-state index in [9.17, 15) is 14.0 Å². The summed E-state index contributed by atoms with van der Waals surface area (Å²) in [6, 6.07) is 5.05. The molecule has 0 unspecified atom stereocenters. The summed E-state index contributed by atoms with van der Waals surface area (Å²) < 4.78 is 31.5. The van der Waals surface area contributed by atoms with Crippen LogP contribution >= 0.6 is 0 Å². The summed E-state index contributed by atoms with van der Waals surface area (Å²) in [5.74, 6) is -0.497. The Balaban J connectivity index is 1.64. The van der Waals surface area contributed by atoms with E-state index < -0.39 is 18.5 Å². The van der Waals surface area contributed by atoms with E-state index in [1.807, 2.05) is 15.7 Å². The number of nitrogens with zero attached hydrogens (tertiary/aromatic N) is 6. The molecule has 0 aromatic carbocycles. The van der Waals surface area contributed by atoms with Crippen molar-refractivity contribution in [2.75, 3.05) is 24.7 Å². The third-order valence-electron chi connectivity index (χ3n) is 5.73. The molecule has 0 amide bonds. The lowest BCUT2D eigenvalue weighted by atomic mass is 9.99. The third-order valence-corrected chi connectivity index (χ3v) is 5.73. The minimum absolute atomic E-state index is 0.129. The van der Waals surface area contributed by atoms with Gasteiger partial charge in [0.1, 0.15) is 24.0 Å². The van der Waals surface area contributed by atoms with E-state index in [0.29, 0.717) is 18.8 Å². The van der Waals surface area contributed by atoms with E-state index in [-0.39, 0.29) is 17.3 Å². The first-order valence-electron chi connectivity index (χ1n) is 9.33. The molecular formula is C19H19F2N7. The van der Waals surface area contributed by atoms with Crippen LogP contribution in [0.15, 0.2) is 18.3 Å². The Labute approximate surface area is 160 Å². The molecule has 0 fully saturated rings. The van der Waals surface area contributed by atoms with Gasteiger partial charge in [0.2, 0.25) is 0 Å². The van der Waals surface area contributed by atoms with Crippen LogP contribution in [0.5, 0.6) is 0 Å². The molecule has 3 aromatic heterocycles. The molecule has 3 aromatic rings. The zero-order valence-corrected chi connectivity index (χ0v) is 15.4. The van der Waals surface area contributed by atoms with E-state index in [4.69, 9.17) is 5.10 Å². The highest BCUT2D eigenvalue weighted by Crippen LogP contribution is 2.35. The first-order valence-corrected chi connectivity index (χ1v) is 9.33. The number of hydrogen-bond donors (Lipinski definition) is 1. The topological polar surface area (TPSA) is 74.2 Å². The summed E-state index contributed by atoms with van der Waals surface area (Å²) >= 11 is 0. The Morgan fingerprint density at radius 2 is 2.25 bits per heavy atom. The fourth-order valence-corrected chi connectivity index (χ4v) is 4.39. The fourth-order valence-electron chi connectivity index (χ4n) is 4.39. The van der Waals surface area contributed by atoms with Gasteiger partial charge >= 0.3 is 0 Å². The van der Waals surface area contributed by atoms with Crippen LogP contribution in [0.4, 0.5) is 14.5 Å². The van der Waals surface area contributed by atoms with Gasteiger partial charge in [-0.2, -0.15) is 15.5 Å². The maximum atomic E-state index is 14.5. The Kier molecular flexibility index (Phi) is 3.84. The predicted octanol–water partition coefficient (Wildman–Crippen LogP) is 2.28. The molecule has 0 spiro atoms. The van der Waals surface area contributed by atoms with Crippen molar-refractivity contribution >= 4 is 11.2 Å². The Morgan fingerprint density at radius 3 is 3.04 bits per heavy atom. The van der Waals surface area contributed by atoms with E-state index in [1.165, 1.54) is 4.52 Å². The number of halogens is 2. The van der Waals surface area contributed by atoms with Crippen molar-refractivity contribution in [1.29, 1.82) is 5.26 Å². The number of hydrogen-bond acceptors (Lipinski definition) is 5. The Bertz CT molecular complexity index is 1110. The predicted molar refractivity (Wildman–Crippen MR) is 98.3 cm³/mol. The lowest BCUT2D eigenvalue weighted by Gasteiger charge is -2.35. The molecule has 28 heavy (non-hydrogen) atoms. The zero-order valence-electron chi connectivity index (χ0n) is 15.4. The first-order chi connectivity index (χ1) is 13.6. The van der Waals surface area contributed by atoms with Crippen molar-refractivity contribution < 1.29 is 8.78 Å². The van der Waals surface area contributed by atoms with Crippen molar-refractivity contribution in [3.8, 4) is 6.07 Å². The molecule has 2 atom stereocenters. The van der Waals surface area contributed by atoms with E-state index in [0.717, 1.165) is 36.1 Å². The monoisotopic (exact) mass is 383 g/mol. The molecule has 2 aliphatic rings. The van der Waals surface area contributed by atoms with Gasteiger partial charge < -0.3 is 10.2 Å². The van der Waals surface area contributed by atoms with E-state index in [1.54, 1.807) is 12.1 Å². The normalized spacial score (nSPS) is 21.4. The van der Waals surface area contributed by atoms with Crippen LogP contribution in [0.3, 0.4) is 0 Å². The van der Waals surface area contributed by atoms with Gasteiger partial charge in [0.15, 0.2) is 5.82 Å². The number of pyridine rings is 1. The van der Waals surface area contributed by atoms with Gasteiger partial charge in [-0.05, 0) is 32.0 Å². The van der Waals surface area contributed by atoms with Gasteiger partial charge in [0.25, 0.3) is 0 Å². The molecule has 0 saturated carbocycles.